The fraction of sp³-hybridized carbons (Fsp3) is 0.143. The van der Waals surface area contributed by atoms with Gasteiger partial charge in [-0.15, -0.1) is 0 Å². The van der Waals surface area contributed by atoms with Crippen molar-refractivity contribution in [3.8, 4) is 11.4 Å². The molecule has 148 valence electrons. The third-order valence-corrected chi connectivity index (χ3v) is 5.37. The van der Waals surface area contributed by atoms with Crippen LogP contribution in [-0.4, -0.2) is 36.1 Å². The quantitative estimate of drug-likeness (QED) is 0.430. The van der Waals surface area contributed by atoms with E-state index in [1.165, 1.54) is 11.3 Å². The van der Waals surface area contributed by atoms with Crippen LogP contribution in [0.3, 0.4) is 0 Å². The summed E-state index contributed by atoms with van der Waals surface area (Å²) in [6, 6.07) is 9.64. The van der Waals surface area contributed by atoms with E-state index in [0.29, 0.717) is 17.3 Å². The molecule has 0 amide bonds. The Morgan fingerprint density at radius 1 is 1.13 bits per heavy atom. The Morgan fingerprint density at radius 3 is 3.07 bits per heavy atom. The Balaban J connectivity index is 1.38. The molecule has 1 aliphatic rings. The summed E-state index contributed by atoms with van der Waals surface area (Å²) < 4.78 is 16.1. The molecular weight excluding hydrogens is 383 g/mol. The number of imidazole rings is 1. The van der Waals surface area contributed by atoms with Gasteiger partial charge in [0.25, 0.3) is 0 Å². The molecule has 30 heavy (non-hydrogen) atoms. The Kier molecular flexibility index (Phi) is 3.75. The number of fused-ring (bicyclic) bond motifs is 4. The minimum atomic E-state index is -0.533. The summed E-state index contributed by atoms with van der Waals surface area (Å²) in [4.78, 5) is 16.3. The second-order valence-corrected chi connectivity index (χ2v) is 7.22. The molecule has 5 heterocycles. The van der Waals surface area contributed by atoms with E-state index in [2.05, 4.69) is 41.7 Å². The van der Waals surface area contributed by atoms with Crippen LogP contribution in [0.1, 0.15) is 11.3 Å². The summed E-state index contributed by atoms with van der Waals surface area (Å²) in [5, 5.41) is 12.0. The number of hydrogen-bond donors (Lipinski definition) is 3. The molecule has 9 heteroatoms. The first kappa shape index (κ1) is 17.0. The molecule has 3 N–H and O–H groups in total. The lowest BCUT2D eigenvalue weighted by Gasteiger charge is -2.12. The van der Waals surface area contributed by atoms with Gasteiger partial charge in [0.2, 0.25) is 5.95 Å². The van der Waals surface area contributed by atoms with Gasteiger partial charge in [0.15, 0.2) is 11.5 Å². The number of nitrogens with one attached hydrogen (secondary N) is 3. The molecule has 6 rings (SSSR count). The Labute approximate surface area is 170 Å². The first-order valence-electron chi connectivity index (χ1n) is 9.69. The van der Waals surface area contributed by atoms with Crippen LogP contribution in [0, 0.1) is 5.82 Å². The minimum absolute atomic E-state index is 0.142. The van der Waals surface area contributed by atoms with Gasteiger partial charge in [-0.1, -0.05) is 0 Å². The van der Waals surface area contributed by atoms with E-state index >= 15 is 0 Å². The van der Waals surface area contributed by atoms with Crippen LogP contribution in [0.25, 0.3) is 27.9 Å². The number of H-pyrrole nitrogens is 1. The van der Waals surface area contributed by atoms with Gasteiger partial charge in [-0.25, -0.2) is 23.9 Å². The van der Waals surface area contributed by atoms with E-state index < -0.39 is 5.82 Å². The highest BCUT2D eigenvalue weighted by molar-refractivity contribution is 5.88. The molecule has 0 bridgehead atoms. The van der Waals surface area contributed by atoms with Gasteiger partial charge in [0.1, 0.15) is 11.4 Å². The largest absolute Gasteiger partial charge is 0.358 e. The summed E-state index contributed by atoms with van der Waals surface area (Å²) in [5.74, 6) is -0.228. The lowest BCUT2D eigenvalue weighted by Crippen LogP contribution is -2.22. The number of rotatable bonds is 3. The van der Waals surface area contributed by atoms with Gasteiger partial charge < -0.3 is 15.6 Å². The van der Waals surface area contributed by atoms with Crippen molar-refractivity contribution in [3.05, 3.63) is 66.0 Å². The van der Waals surface area contributed by atoms with E-state index in [9.17, 15) is 4.39 Å². The molecule has 0 radical (unpaired) electrons. The van der Waals surface area contributed by atoms with Crippen LogP contribution < -0.4 is 10.6 Å². The summed E-state index contributed by atoms with van der Waals surface area (Å²) in [6.07, 6.45) is 5.33. The van der Waals surface area contributed by atoms with Crippen LogP contribution >= 0.6 is 0 Å². The van der Waals surface area contributed by atoms with E-state index in [0.717, 1.165) is 42.3 Å². The monoisotopic (exact) mass is 400 g/mol. The average Bonchev–Trinajstić information content (AvgIpc) is 3.36. The number of halogens is 1. The Hall–Kier alpha value is -3.85. The first-order chi connectivity index (χ1) is 14.8. The predicted molar refractivity (Wildman–Crippen MR) is 111 cm³/mol. The normalized spacial score (nSPS) is 13.6. The van der Waals surface area contributed by atoms with E-state index in [4.69, 9.17) is 0 Å². The maximum atomic E-state index is 14.5. The van der Waals surface area contributed by atoms with Gasteiger partial charge in [-0.3, -0.25) is 0 Å². The molecule has 0 aliphatic carbocycles. The summed E-state index contributed by atoms with van der Waals surface area (Å²) >= 11 is 0. The van der Waals surface area contributed by atoms with Crippen molar-refractivity contribution >= 4 is 28.2 Å². The first-order valence-corrected chi connectivity index (χ1v) is 9.69. The molecule has 1 aromatic carbocycles. The number of hydrogen-bond acceptors (Lipinski definition) is 6. The van der Waals surface area contributed by atoms with E-state index in [1.54, 1.807) is 29.0 Å². The van der Waals surface area contributed by atoms with E-state index in [-0.39, 0.29) is 5.69 Å². The molecule has 0 fully saturated rings. The molecule has 0 unspecified atom stereocenters. The van der Waals surface area contributed by atoms with Crippen LogP contribution in [0.5, 0.6) is 0 Å². The molecule has 0 atom stereocenters. The SMILES string of the molecule is Fc1cnc(Nc2ccc3[nH]c4c(c3c2)CNCC4)nc1-c1cnc2cccnn12. The molecule has 0 saturated carbocycles. The number of benzene rings is 1. The van der Waals surface area contributed by atoms with Gasteiger partial charge >= 0.3 is 0 Å². The van der Waals surface area contributed by atoms with Crippen LogP contribution in [0.4, 0.5) is 16.0 Å². The highest BCUT2D eigenvalue weighted by Gasteiger charge is 2.17. The minimum Gasteiger partial charge on any atom is -0.358 e. The number of anilines is 2. The Morgan fingerprint density at radius 2 is 2.10 bits per heavy atom. The topological polar surface area (TPSA) is 95.8 Å². The Bertz CT molecular complexity index is 1400. The number of aromatic amines is 1. The predicted octanol–water partition coefficient (Wildman–Crippen LogP) is 3.20. The van der Waals surface area contributed by atoms with Crippen molar-refractivity contribution < 1.29 is 4.39 Å². The summed E-state index contributed by atoms with van der Waals surface area (Å²) in [7, 11) is 0. The average molecular weight is 400 g/mol. The van der Waals surface area contributed by atoms with Gasteiger partial charge in [-0.05, 0) is 35.9 Å². The number of aromatic nitrogens is 6. The van der Waals surface area contributed by atoms with Crippen molar-refractivity contribution in [2.24, 2.45) is 0 Å². The molecule has 4 aromatic heterocycles. The zero-order chi connectivity index (χ0) is 20.1. The van der Waals surface area contributed by atoms with Crippen molar-refractivity contribution in [2.75, 3.05) is 11.9 Å². The van der Waals surface area contributed by atoms with Gasteiger partial charge in [0.05, 0.1) is 12.4 Å². The van der Waals surface area contributed by atoms with Crippen molar-refractivity contribution in [1.29, 1.82) is 0 Å². The third kappa shape index (κ3) is 2.71. The maximum Gasteiger partial charge on any atom is 0.227 e. The van der Waals surface area contributed by atoms with Crippen LogP contribution in [-0.2, 0) is 13.0 Å². The highest BCUT2D eigenvalue weighted by atomic mass is 19.1. The molecule has 5 aromatic rings. The van der Waals surface area contributed by atoms with Gasteiger partial charge in [-0.2, -0.15) is 5.10 Å². The van der Waals surface area contributed by atoms with Crippen molar-refractivity contribution in [3.63, 3.8) is 0 Å². The second kappa shape index (κ2) is 6.60. The highest BCUT2D eigenvalue weighted by Crippen LogP contribution is 2.29. The lowest BCUT2D eigenvalue weighted by molar-refractivity contribution is 0.617. The third-order valence-electron chi connectivity index (χ3n) is 5.37. The fourth-order valence-electron chi connectivity index (χ4n) is 3.95. The molecule has 0 saturated heterocycles. The second-order valence-electron chi connectivity index (χ2n) is 7.22. The summed E-state index contributed by atoms with van der Waals surface area (Å²) in [5.41, 5.74) is 5.74. The standard InChI is InChI=1S/C21H17FN8/c22-15-10-25-21(29-20(15)18-11-24-19-2-1-6-26-30(18)19)27-12-3-4-16-13(8-12)14-9-23-7-5-17(14)28-16/h1-4,6,8,10-11,23,28H,5,7,9H2,(H,25,27,29). The zero-order valence-corrected chi connectivity index (χ0v) is 15.9. The zero-order valence-electron chi connectivity index (χ0n) is 15.9. The van der Waals surface area contributed by atoms with Crippen LogP contribution in [0.2, 0.25) is 0 Å². The van der Waals surface area contributed by atoms with Gasteiger partial charge in [0, 0.05) is 48.0 Å². The molecule has 0 spiro atoms. The smallest absolute Gasteiger partial charge is 0.227 e. The summed E-state index contributed by atoms with van der Waals surface area (Å²) in [6.45, 7) is 1.83. The van der Waals surface area contributed by atoms with Crippen molar-refractivity contribution in [2.45, 2.75) is 13.0 Å². The number of nitrogens with zero attached hydrogens (tertiary/aromatic N) is 5. The molecule has 1 aliphatic heterocycles. The maximum absolute atomic E-state index is 14.5. The molecular formula is C21H17FN8. The van der Waals surface area contributed by atoms with E-state index in [1.807, 2.05) is 12.1 Å². The lowest BCUT2D eigenvalue weighted by atomic mass is 10.1. The van der Waals surface area contributed by atoms with Crippen molar-refractivity contribution in [1.82, 2.24) is 34.9 Å². The molecule has 8 nitrogen and oxygen atoms in total. The fourth-order valence-corrected chi connectivity index (χ4v) is 3.95. The van der Waals surface area contributed by atoms with Crippen LogP contribution in [0.15, 0.2) is 48.9 Å².